The van der Waals surface area contributed by atoms with Crippen molar-refractivity contribution in [2.24, 2.45) is 0 Å². The molecule has 0 amide bonds. The number of aliphatic hydroxyl groups excluding tert-OH is 2. The van der Waals surface area contributed by atoms with Crippen molar-refractivity contribution < 1.29 is 20.1 Å². The summed E-state index contributed by atoms with van der Waals surface area (Å²) in [4.78, 5) is 20.1. The Morgan fingerprint density at radius 3 is 2.14 bits per heavy atom. The molecule has 2 atom stereocenters. The number of nitrogens with zero attached hydrogens (tertiary/aromatic N) is 4. The molecule has 0 saturated heterocycles. The summed E-state index contributed by atoms with van der Waals surface area (Å²) < 4.78 is 1.75. The number of benzene rings is 3. The van der Waals surface area contributed by atoms with Gasteiger partial charge in [0, 0.05) is 41.1 Å². The summed E-state index contributed by atoms with van der Waals surface area (Å²) in [5, 5.41) is 37.8. The van der Waals surface area contributed by atoms with Gasteiger partial charge in [0.15, 0.2) is 5.82 Å². The van der Waals surface area contributed by atoms with Gasteiger partial charge in [-0.2, -0.15) is 10.1 Å². The van der Waals surface area contributed by atoms with E-state index < -0.39 is 24.6 Å². The summed E-state index contributed by atoms with van der Waals surface area (Å²) in [7, 11) is 0. The van der Waals surface area contributed by atoms with E-state index in [1.807, 2.05) is 91.0 Å². The van der Waals surface area contributed by atoms with Gasteiger partial charge in [-0.1, -0.05) is 91.0 Å². The number of carbonyl (C=O) groups is 1. The quantitative estimate of drug-likeness (QED) is 0.166. The number of aliphatic carboxylic acids is 1. The maximum atomic E-state index is 11.0. The van der Waals surface area contributed by atoms with Gasteiger partial charge in [-0.05, 0) is 12.1 Å². The fourth-order valence-electron chi connectivity index (χ4n) is 4.46. The van der Waals surface area contributed by atoms with E-state index in [-0.39, 0.29) is 44.2 Å². The van der Waals surface area contributed by atoms with Crippen molar-refractivity contribution in [1.82, 2.24) is 19.7 Å². The van der Waals surface area contributed by atoms with Crippen LogP contribution in [0.2, 0.25) is 0 Å². The molecule has 9 nitrogen and oxygen atoms in total. The molecule has 2 aromatic heterocycles. The molecule has 0 spiro atoms. The first-order valence-electron chi connectivity index (χ1n) is 13.1. The third kappa shape index (κ3) is 7.90. The Morgan fingerprint density at radius 1 is 0.881 bits per heavy atom. The molecule has 5 aromatic rings. The van der Waals surface area contributed by atoms with E-state index in [4.69, 9.17) is 15.2 Å². The number of carboxylic acids is 1. The number of nitrogens with one attached hydrogen (secondary N) is 1. The predicted molar refractivity (Wildman–Crippen MR) is 166 cm³/mol. The minimum absolute atomic E-state index is 0. The Hall–Kier alpha value is -3.86. The van der Waals surface area contributed by atoms with Crippen LogP contribution < -0.4 is 5.32 Å². The van der Waals surface area contributed by atoms with Crippen LogP contribution in [0.4, 0.5) is 11.6 Å². The fraction of sp³-hybridized carbons (Fsp3) is 0.125. The molecule has 4 N–H and O–H groups in total. The summed E-state index contributed by atoms with van der Waals surface area (Å²) in [6.45, 7) is 0. The number of para-hydroxylation sites is 1. The molecule has 0 saturated carbocycles. The molecule has 210 valence electrons. The third-order valence-electron chi connectivity index (χ3n) is 6.31. The van der Waals surface area contributed by atoms with Crippen molar-refractivity contribution in [3.05, 3.63) is 115 Å². The van der Waals surface area contributed by atoms with Crippen LogP contribution in [0.1, 0.15) is 18.4 Å². The summed E-state index contributed by atoms with van der Waals surface area (Å²) in [6, 6.07) is 30.8. The molecular formula is C32H31CaN5O4. The summed E-state index contributed by atoms with van der Waals surface area (Å²) >= 11 is 0. The van der Waals surface area contributed by atoms with Gasteiger partial charge in [-0.3, -0.25) is 4.79 Å². The van der Waals surface area contributed by atoms with Crippen molar-refractivity contribution >= 4 is 61.4 Å². The topological polar surface area (TPSA) is 133 Å². The maximum absolute atomic E-state index is 11.0. The van der Waals surface area contributed by atoms with Gasteiger partial charge in [-0.15, -0.1) is 0 Å². The monoisotopic (exact) mass is 589 g/mol. The summed E-state index contributed by atoms with van der Waals surface area (Å²) in [6.07, 6.45) is 2.17. The van der Waals surface area contributed by atoms with Crippen LogP contribution in [-0.2, 0) is 4.79 Å². The Balaban J connectivity index is 0.00000405. The third-order valence-corrected chi connectivity index (χ3v) is 6.31. The first kappa shape index (κ1) is 31.1. The molecular weight excluding hydrogens is 558 g/mol. The van der Waals surface area contributed by atoms with Crippen LogP contribution in [0, 0.1) is 0 Å². The first-order chi connectivity index (χ1) is 20.0. The van der Waals surface area contributed by atoms with Crippen LogP contribution >= 0.6 is 0 Å². The molecule has 5 rings (SSSR count). The molecule has 3 aromatic carbocycles. The second-order valence-electron chi connectivity index (χ2n) is 9.40. The van der Waals surface area contributed by atoms with E-state index >= 15 is 0 Å². The van der Waals surface area contributed by atoms with Crippen molar-refractivity contribution in [2.45, 2.75) is 25.0 Å². The Morgan fingerprint density at radius 2 is 1.50 bits per heavy atom. The minimum atomic E-state index is -1.17. The van der Waals surface area contributed by atoms with Crippen LogP contribution in [0.5, 0.6) is 0 Å². The molecule has 0 unspecified atom stereocenters. The SMILES string of the molecule is O=C(O)C[C@H](O)C[C@H](O)/C=C/c1c(-c2ccccc2)nn(-c2ccnc(Nc3ccccc3)n2)c1-c1ccccc1.[CaH2]. The molecule has 0 fully saturated rings. The van der Waals surface area contributed by atoms with Crippen molar-refractivity contribution in [1.29, 1.82) is 0 Å². The number of aliphatic hydroxyl groups is 2. The van der Waals surface area contributed by atoms with Crippen LogP contribution in [0.15, 0.2) is 109 Å². The number of rotatable bonds is 11. The molecule has 0 aliphatic heterocycles. The molecule has 10 heteroatoms. The van der Waals surface area contributed by atoms with E-state index in [0.29, 0.717) is 17.5 Å². The Kier molecular flexibility index (Phi) is 11.0. The van der Waals surface area contributed by atoms with Crippen LogP contribution in [-0.4, -0.2) is 91.0 Å². The predicted octanol–water partition coefficient (Wildman–Crippen LogP) is 4.42. The molecule has 2 heterocycles. The number of hydrogen-bond acceptors (Lipinski definition) is 7. The average molecular weight is 590 g/mol. The van der Waals surface area contributed by atoms with Crippen LogP contribution in [0.3, 0.4) is 0 Å². The molecule has 0 aliphatic carbocycles. The van der Waals surface area contributed by atoms with Crippen LogP contribution in [0.25, 0.3) is 34.4 Å². The van der Waals surface area contributed by atoms with Gasteiger partial charge in [0.1, 0.15) is 5.69 Å². The zero-order chi connectivity index (χ0) is 28.6. The van der Waals surface area contributed by atoms with E-state index in [9.17, 15) is 15.0 Å². The number of aromatic nitrogens is 4. The van der Waals surface area contributed by atoms with Gasteiger partial charge in [0.05, 0.1) is 24.3 Å². The average Bonchev–Trinajstić information content (AvgIpc) is 3.37. The Bertz CT molecular complexity index is 1630. The standard InChI is InChI=1S/C32H29N5O4.Ca.2H/c38-25(20-26(39)21-29(40)41)16-17-27-30(22-10-4-1-5-11-22)36-37(31(27)23-12-6-2-7-13-23)28-18-19-33-32(35-28)34-24-14-8-3-9-15-24;;;/h1-19,25-26,38-39H,20-21H2,(H,40,41)(H,33,34,35);;;/b17-16+;;;/t25-,26-;;;/m1.../s1. The zero-order valence-electron chi connectivity index (χ0n) is 22.1. The van der Waals surface area contributed by atoms with Crippen molar-refractivity contribution in [2.75, 3.05) is 5.32 Å². The van der Waals surface area contributed by atoms with E-state index in [0.717, 1.165) is 28.1 Å². The number of hydrogen-bond donors (Lipinski definition) is 4. The van der Waals surface area contributed by atoms with Gasteiger partial charge < -0.3 is 20.6 Å². The van der Waals surface area contributed by atoms with Gasteiger partial charge in [0.25, 0.3) is 0 Å². The van der Waals surface area contributed by atoms with Crippen molar-refractivity contribution in [3.63, 3.8) is 0 Å². The normalized spacial score (nSPS) is 12.4. The number of anilines is 2. The molecule has 42 heavy (non-hydrogen) atoms. The van der Waals surface area contributed by atoms with Gasteiger partial charge in [0.2, 0.25) is 5.95 Å². The second kappa shape index (κ2) is 14.9. The molecule has 0 aliphatic rings. The zero-order valence-corrected chi connectivity index (χ0v) is 22.1. The van der Waals surface area contributed by atoms with Gasteiger partial charge >= 0.3 is 43.7 Å². The summed E-state index contributed by atoms with van der Waals surface area (Å²) in [5.41, 5.74) is 4.71. The number of carboxylic acid groups (broad SMARTS) is 1. The Labute approximate surface area is 273 Å². The fourth-order valence-corrected chi connectivity index (χ4v) is 4.46. The second-order valence-corrected chi connectivity index (χ2v) is 9.40. The van der Waals surface area contributed by atoms with E-state index in [1.165, 1.54) is 0 Å². The molecule has 0 radical (unpaired) electrons. The summed E-state index contributed by atoms with van der Waals surface area (Å²) in [5.74, 6) is -0.186. The molecule has 0 bridgehead atoms. The van der Waals surface area contributed by atoms with Crippen molar-refractivity contribution in [3.8, 4) is 28.3 Å². The first-order valence-corrected chi connectivity index (χ1v) is 13.1. The van der Waals surface area contributed by atoms with E-state index in [1.54, 1.807) is 29.1 Å². The van der Waals surface area contributed by atoms with Gasteiger partial charge in [-0.25, -0.2) is 9.67 Å². The van der Waals surface area contributed by atoms with E-state index in [2.05, 4.69) is 10.3 Å².